The first kappa shape index (κ1) is 16.0. The third-order valence-corrected chi connectivity index (χ3v) is 6.27. The molecule has 3 atom stereocenters. The van der Waals surface area contributed by atoms with E-state index in [4.69, 9.17) is 4.42 Å². The number of furan rings is 1. The maximum atomic E-state index is 5.94. The Balaban J connectivity index is 1.54. The van der Waals surface area contributed by atoms with Crippen LogP contribution in [-0.4, -0.2) is 18.5 Å². The maximum absolute atomic E-state index is 5.94. The van der Waals surface area contributed by atoms with E-state index in [9.17, 15) is 0 Å². The van der Waals surface area contributed by atoms with Gasteiger partial charge in [0.1, 0.15) is 5.76 Å². The van der Waals surface area contributed by atoms with Crippen LogP contribution >= 0.6 is 0 Å². The molecule has 24 heavy (non-hydrogen) atoms. The van der Waals surface area contributed by atoms with Crippen LogP contribution in [0.1, 0.15) is 56.3 Å². The molecule has 128 valence electrons. The lowest BCUT2D eigenvalue weighted by Crippen LogP contribution is -2.44. The van der Waals surface area contributed by atoms with Gasteiger partial charge < -0.3 is 4.42 Å². The van der Waals surface area contributed by atoms with Gasteiger partial charge in [0.2, 0.25) is 0 Å². The van der Waals surface area contributed by atoms with Gasteiger partial charge in [-0.1, -0.05) is 37.3 Å². The Morgan fingerprint density at radius 2 is 1.92 bits per heavy atom. The van der Waals surface area contributed by atoms with Crippen LogP contribution in [0.2, 0.25) is 0 Å². The van der Waals surface area contributed by atoms with Gasteiger partial charge in [-0.25, -0.2) is 0 Å². The molecule has 3 unspecified atom stereocenters. The van der Waals surface area contributed by atoms with E-state index in [0.29, 0.717) is 0 Å². The summed E-state index contributed by atoms with van der Waals surface area (Å²) in [5.41, 5.74) is 1.57. The third-order valence-electron chi connectivity index (χ3n) is 6.27. The molecule has 2 fully saturated rings. The standard InChI is InChI=1S/C22H29NO/c1-3-22(21-10-7-13-24-21,23(2)16-17-11-12-17)15-19-14-20(19)18-8-5-4-6-9-18/h4-10,13,17,19-20H,3,11-12,14-16H2,1-2H3. The summed E-state index contributed by atoms with van der Waals surface area (Å²) in [6.07, 6.45) is 8.29. The fourth-order valence-corrected chi connectivity index (χ4v) is 4.45. The monoisotopic (exact) mass is 323 g/mol. The molecule has 2 aromatic rings. The fraction of sp³-hybridized carbons (Fsp3) is 0.545. The molecule has 0 bridgehead atoms. The normalized spacial score (nSPS) is 25.6. The van der Waals surface area contributed by atoms with Gasteiger partial charge in [0, 0.05) is 6.54 Å². The van der Waals surface area contributed by atoms with Crippen LogP contribution in [-0.2, 0) is 5.54 Å². The molecule has 0 saturated heterocycles. The van der Waals surface area contributed by atoms with E-state index >= 15 is 0 Å². The van der Waals surface area contributed by atoms with Crippen molar-refractivity contribution in [1.82, 2.24) is 4.90 Å². The molecule has 1 aromatic heterocycles. The SMILES string of the molecule is CCC(CC1CC1c1ccccc1)(c1ccco1)N(C)CC1CC1. The van der Waals surface area contributed by atoms with Gasteiger partial charge in [0.05, 0.1) is 11.8 Å². The van der Waals surface area contributed by atoms with Gasteiger partial charge >= 0.3 is 0 Å². The van der Waals surface area contributed by atoms with Crippen LogP contribution < -0.4 is 0 Å². The lowest BCUT2D eigenvalue weighted by molar-refractivity contribution is 0.0655. The van der Waals surface area contributed by atoms with Gasteiger partial charge in [-0.2, -0.15) is 0 Å². The summed E-state index contributed by atoms with van der Waals surface area (Å²) in [7, 11) is 2.31. The quantitative estimate of drug-likeness (QED) is 0.645. The summed E-state index contributed by atoms with van der Waals surface area (Å²) in [5, 5.41) is 0. The maximum Gasteiger partial charge on any atom is 0.124 e. The molecule has 2 heteroatoms. The summed E-state index contributed by atoms with van der Waals surface area (Å²) < 4.78 is 5.94. The Bertz CT molecular complexity index is 646. The predicted octanol–water partition coefficient (Wildman–Crippen LogP) is 5.42. The Kier molecular flexibility index (Phi) is 4.26. The minimum Gasteiger partial charge on any atom is -0.467 e. The van der Waals surface area contributed by atoms with Crippen molar-refractivity contribution in [1.29, 1.82) is 0 Å². The van der Waals surface area contributed by atoms with E-state index in [1.165, 1.54) is 37.8 Å². The molecule has 0 aliphatic heterocycles. The molecule has 2 aliphatic carbocycles. The molecular formula is C22H29NO. The lowest BCUT2D eigenvalue weighted by Gasteiger charge is -2.40. The largest absolute Gasteiger partial charge is 0.467 e. The summed E-state index contributed by atoms with van der Waals surface area (Å²) >= 11 is 0. The highest BCUT2D eigenvalue weighted by atomic mass is 16.3. The molecule has 0 amide bonds. The fourth-order valence-electron chi connectivity index (χ4n) is 4.45. The average Bonchev–Trinajstić information content (AvgIpc) is 3.52. The Hall–Kier alpha value is -1.54. The molecular weight excluding hydrogens is 294 g/mol. The first-order valence-corrected chi connectivity index (χ1v) is 9.53. The van der Waals surface area contributed by atoms with E-state index in [0.717, 1.165) is 29.9 Å². The molecule has 1 aromatic carbocycles. The van der Waals surface area contributed by atoms with Crippen molar-refractivity contribution in [3.8, 4) is 0 Å². The lowest BCUT2D eigenvalue weighted by atomic mass is 9.84. The molecule has 0 N–H and O–H groups in total. The predicted molar refractivity (Wildman–Crippen MR) is 97.9 cm³/mol. The number of rotatable bonds is 8. The highest BCUT2D eigenvalue weighted by Crippen LogP contribution is 2.55. The van der Waals surface area contributed by atoms with Gasteiger partial charge in [0.15, 0.2) is 0 Å². The van der Waals surface area contributed by atoms with E-state index in [2.05, 4.69) is 55.3 Å². The molecule has 4 rings (SSSR count). The van der Waals surface area contributed by atoms with Crippen molar-refractivity contribution in [3.63, 3.8) is 0 Å². The van der Waals surface area contributed by atoms with Crippen LogP contribution in [0.5, 0.6) is 0 Å². The molecule has 2 aliphatic rings. The van der Waals surface area contributed by atoms with Crippen molar-refractivity contribution in [2.45, 2.75) is 50.5 Å². The zero-order chi connectivity index (χ0) is 16.6. The van der Waals surface area contributed by atoms with Gasteiger partial charge in [-0.05, 0) is 74.6 Å². The van der Waals surface area contributed by atoms with Gasteiger partial charge in [-0.15, -0.1) is 0 Å². The van der Waals surface area contributed by atoms with Gasteiger partial charge in [0.25, 0.3) is 0 Å². The van der Waals surface area contributed by atoms with Crippen molar-refractivity contribution in [2.75, 3.05) is 13.6 Å². The Labute approximate surface area is 145 Å². The van der Waals surface area contributed by atoms with E-state index < -0.39 is 0 Å². The van der Waals surface area contributed by atoms with Crippen molar-refractivity contribution >= 4 is 0 Å². The van der Waals surface area contributed by atoms with Crippen LogP contribution in [0.4, 0.5) is 0 Å². The van der Waals surface area contributed by atoms with E-state index in [-0.39, 0.29) is 5.54 Å². The summed E-state index contributed by atoms with van der Waals surface area (Å²) in [4.78, 5) is 2.60. The van der Waals surface area contributed by atoms with Gasteiger partial charge in [-0.3, -0.25) is 4.90 Å². The second kappa shape index (κ2) is 6.40. The molecule has 2 saturated carbocycles. The van der Waals surface area contributed by atoms with Crippen LogP contribution in [0.25, 0.3) is 0 Å². The van der Waals surface area contributed by atoms with Crippen LogP contribution in [0.15, 0.2) is 53.1 Å². The van der Waals surface area contributed by atoms with Crippen LogP contribution in [0.3, 0.4) is 0 Å². The molecule has 1 heterocycles. The van der Waals surface area contributed by atoms with Crippen LogP contribution in [0, 0.1) is 11.8 Å². The molecule has 0 spiro atoms. The van der Waals surface area contributed by atoms with Crippen molar-refractivity contribution in [3.05, 3.63) is 60.1 Å². The topological polar surface area (TPSA) is 16.4 Å². The summed E-state index contributed by atoms with van der Waals surface area (Å²) in [5.74, 6) is 3.58. The van der Waals surface area contributed by atoms with Crippen molar-refractivity contribution in [2.24, 2.45) is 11.8 Å². The smallest absolute Gasteiger partial charge is 0.124 e. The first-order valence-electron chi connectivity index (χ1n) is 9.53. The minimum atomic E-state index is 0.0558. The average molecular weight is 323 g/mol. The minimum absolute atomic E-state index is 0.0558. The Morgan fingerprint density at radius 1 is 1.12 bits per heavy atom. The van der Waals surface area contributed by atoms with Crippen molar-refractivity contribution < 1.29 is 4.42 Å². The number of hydrogen-bond donors (Lipinski definition) is 0. The summed E-state index contributed by atoms with van der Waals surface area (Å²) in [6.45, 7) is 3.53. The first-order chi connectivity index (χ1) is 11.7. The number of benzene rings is 1. The Morgan fingerprint density at radius 3 is 2.54 bits per heavy atom. The highest BCUT2D eigenvalue weighted by Gasteiger charge is 2.48. The molecule has 2 nitrogen and oxygen atoms in total. The second-order valence-corrected chi connectivity index (χ2v) is 7.90. The van der Waals surface area contributed by atoms with E-state index in [1.807, 2.05) is 12.3 Å². The summed E-state index contributed by atoms with van der Waals surface area (Å²) in [6, 6.07) is 15.3. The third kappa shape index (κ3) is 3.04. The number of nitrogens with zero attached hydrogens (tertiary/aromatic N) is 1. The zero-order valence-electron chi connectivity index (χ0n) is 14.9. The number of hydrogen-bond acceptors (Lipinski definition) is 2. The molecule has 0 radical (unpaired) electrons. The van der Waals surface area contributed by atoms with E-state index in [1.54, 1.807) is 0 Å². The second-order valence-electron chi connectivity index (χ2n) is 7.90. The zero-order valence-corrected chi connectivity index (χ0v) is 14.9. The highest BCUT2D eigenvalue weighted by molar-refractivity contribution is 5.27.